The molecule has 1 aromatic rings. The topological polar surface area (TPSA) is 12.0 Å². The van der Waals surface area contributed by atoms with Crippen LogP contribution in [0.25, 0.3) is 0 Å². The number of hydrogen-bond acceptors (Lipinski definition) is 1. The highest BCUT2D eigenvalue weighted by Gasteiger charge is 2.29. The summed E-state index contributed by atoms with van der Waals surface area (Å²) in [5, 5.41) is 4.99. The largest absolute Gasteiger partial charge is 0.310 e. The predicted molar refractivity (Wildman–Crippen MR) is 74.8 cm³/mol. The van der Waals surface area contributed by atoms with Gasteiger partial charge in [0.1, 0.15) is 0 Å². The second-order valence-electron chi connectivity index (χ2n) is 4.77. The standard InChI is InChI=1S/C14H19Cl2N/c1-2-9-17-14(10-5-3-6-10)11-7-4-8-12(15)13(11)16/h4,7-8,10,14,17H,2-3,5-6,9H2,1H3. The Labute approximate surface area is 114 Å². The Morgan fingerprint density at radius 3 is 2.71 bits per heavy atom. The van der Waals surface area contributed by atoms with Gasteiger partial charge in [-0.2, -0.15) is 0 Å². The SMILES string of the molecule is CCCNC(c1cccc(Cl)c1Cl)C1CCC1. The van der Waals surface area contributed by atoms with E-state index < -0.39 is 0 Å². The molecule has 1 unspecified atom stereocenters. The summed E-state index contributed by atoms with van der Waals surface area (Å²) in [6, 6.07) is 6.31. The minimum Gasteiger partial charge on any atom is -0.310 e. The monoisotopic (exact) mass is 271 g/mol. The maximum Gasteiger partial charge on any atom is 0.0640 e. The van der Waals surface area contributed by atoms with Crippen molar-refractivity contribution >= 4 is 23.2 Å². The van der Waals surface area contributed by atoms with E-state index in [9.17, 15) is 0 Å². The Morgan fingerprint density at radius 1 is 1.35 bits per heavy atom. The molecule has 0 aromatic heterocycles. The highest BCUT2D eigenvalue weighted by molar-refractivity contribution is 6.42. The summed E-state index contributed by atoms with van der Waals surface area (Å²) in [5.74, 6) is 0.720. The van der Waals surface area contributed by atoms with Gasteiger partial charge in [0.25, 0.3) is 0 Å². The van der Waals surface area contributed by atoms with E-state index in [0.29, 0.717) is 11.1 Å². The van der Waals surface area contributed by atoms with E-state index in [-0.39, 0.29) is 0 Å². The molecule has 3 heteroatoms. The third-order valence-corrected chi connectivity index (χ3v) is 4.39. The zero-order chi connectivity index (χ0) is 12.3. The molecule has 0 saturated heterocycles. The van der Waals surface area contributed by atoms with Crippen molar-refractivity contribution in [3.8, 4) is 0 Å². The third kappa shape index (κ3) is 2.96. The van der Waals surface area contributed by atoms with Crippen LogP contribution in [0.15, 0.2) is 18.2 Å². The van der Waals surface area contributed by atoms with E-state index in [1.165, 1.54) is 19.3 Å². The minimum atomic E-state index is 0.370. The van der Waals surface area contributed by atoms with Crippen LogP contribution in [-0.4, -0.2) is 6.54 Å². The lowest BCUT2D eigenvalue weighted by molar-refractivity contribution is 0.231. The van der Waals surface area contributed by atoms with Crippen molar-refractivity contribution in [3.63, 3.8) is 0 Å². The normalized spacial score (nSPS) is 17.8. The molecule has 1 saturated carbocycles. The molecule has 2 rings (SSSR count). The average Bonchev–Trinajstić information content (AvgIpc) is 2.26. The van der Waals surface area contributed by atoms with Crippen LogP contribution in [0.3, 0.4) is 0 Å². The van der Waals surface area contributed by atoms with Crippen molar-refractivity contribution in [3.05, 3.63) is 33.8 Å². The molecule has 1 aliphatic carbocycles. The fourth-order valence-corrected chi connectivity index (χ4v) is 2.79. The maximum absolute atomic E-state index is 6.32. The van der Waals surface area contributed by atoms with Crippen molar-refractivity contribution in [2.75, 3.05) is 6.54 Å². The lowest BCUT2D eigenvalue weighted by atomic mass is 9.77. The van der Waals surface area contributed by atoms with Crippen molar-refractivity contribution in [2.45, 2.75) is 38.6 Å². The molecule has 1 nitrogen and oxygen atoms in total. The predicted octanol–water partition coefficient (Wildman–Crippen LogP) is 4.83. The zero-order valence-electron chi connectivity index (χ0n) is 10.2. The van der Waals surface area contributed by atoms with Crippen LogP contribution < -0.4 is 5.32 Å². The minimum absolute atomic E-state index is 0.370. The van der Waals surface area contributed by atoms with E-state index in [1.54, 1.807) is 0 Å². The maximum atomic E-state index is 6.32. The Kier molecular flexibility index (Phi) is 4.72. The summed E-state index contributed by atoms with van der Waals surface area (Å²) in [4.78, 5) is 0. The molecule has 1 aromatic carbocycles. The van der Waals surface area contributed by atoms with Gasteiger partial charge < -0.3 is 5.32 Å². The van der Waals surface area contributed by atoms with Crippen LogP contribution >= 0.6 is 23.2 Å². The Bertz CT molecular complexity index is 374. The zero-order valence-corrected chi connectivity index (χ0v) is 11.7. The van der Waals surface area contributed by atoms with Gasteiger partial charge in [0.15, 0.2) is 0 Å². The van der Waals surface area contributed by atoms with Gasteiger partial charge in [0, 0.05) is 6.04 Å². The van der Waals surface area contributed by atoms with E-state index in [4.69, 9.17) is 23.2 Å². The van der Waals surface area contributed by atoms with Crippen molar-refractivity contribution in [1.82, 2.24) is 5.32 Å². The lowest BCUT2D eigenvalue weighted by Crippen LogP contribution is -2.32. The summed E-state index contributed by atoms with van der Waals surface area (Å²) in [7, 11) is 0. The van der Waals surface area contributed by atoms with Crippen molar-refractivity contribution in [1.29, 1.82) is 0 Å². The number of hydrogen-bond donors (Lipinski definition) is 1. The van der Waals surface area contributed by atoms with Crippen LogP contribution in [0.2, 0.25) is 10.0 Å². The van der Waals surface area contributed by atoms with Gasteiger partial charge in [0.05, 0.1) is 10.0 Å². The average molecular weight is 272 g/mol. The van der Waals surface area contributed by atoms with Crippen LogP contribution in [0.4, 0.5) is 0 Å². The molecular weight excluding hydrogens is 253 g/mol. The lowest BCUT2D eigenvalue weighted by Gasteiger charge is -2.35. The van der Waals surface area contributed by atoms with Crippen LogP contribution in [-0.2, 0) is 0 Å². The van der Waals surface area contributed by atoms with Gasteiger partial charge in [0.2, 0.25) is 0 Å². The first kappa shape index (κ1) is 13.2. The summed E-state index contributed by atoms with van der Waals surface area (Å²) < 4.78 is 0. The molecule has 0 bridgehead atoms. The molecule has 1 atom stereocenters. The van der Waals surface area contributed by atoms with E-state index in [0.717, 1.165) is 29.5 Å². The third-order valence-electron chi connectivity index (χ3n) is 3.55. The van der Waals surface area contributed by atoms with E-state index in [2.05, 4.69) is 18.3 Å². The number of rotatable bonds is 5. The molecule has 94 valence electrons. The van der Waals surface area contributed by atoms with Gasteiger partial charge in [-0.15, -0.1) is 0 Å². The summed E-state index contributed by atoms with van der Waals surface area (Å²) in [6.07, 6.45) is 5.07. The molecular formula is C14H19Cl2N. The van der Waals surface area contributed by atoms with E-state index >= 15 is 0 Å². The van der Waals surface area contributed by atoms with Crippen molar-refractivity contribution in [2.24, 2.45) is 5.92 Å². The highest BCUT2D eigenvalue weighted by Crippen LogP contribution is 2.41. The first-order valence-electron chi connectivity index (χ1n) is 6.41. The fourth-order valence-electron chi connectivity index (χ4n) is 2.36. The Hall–Kier alpha value is -0.240. The smallest absolute Gasteiger partial charge is 0.0640 e. The first-order valence-corrected chi connectivity index (χ1v) is 7.17. The number of halogens is 2. The van der Waals surface area contributed by atoms with Crippen LogP contribution in [0, 0.1) is 5.92 Å². The highest BCUT2D eigenvalue weighted by atomic mass is 35.5. The molecule has 0 radical (unpaired) electrons. The van der Waals surface area contributed by atoms with Gasteiger partial charge in [-0.1, -0.05) is 48.7 Å². The molecule has 0 heterocycles. The summed E-state index contributed by atoms with van der Waals surface area (Å²) in [6.45, 7) is 3.22. The van der Waals surface area contributed by atoms with Gasteiger partial charge in [-0.05, 0) is 43.4 Å². The molecule has 1 N–H and O–H groups in total. The molecule has 17 heavy (non-hydrogen) atoms. The summed E-state index contributed by atoms with van der Waals surface area (Å²) >= 11 is 12.4. The van der Waals surface area contributed by atoms with Crippen molar-refractivity contribution < 1.29 is 0 Å². The molecule has 0 aliphatic heterocycles. The fraction of sp³-hybridized carbons (Fsp3) is 0.571. The van der Waals surface area contributed by atoms with Gasteiger partial charge in [-0.3, -0.25) is 0 Å². The number of nitrogens with one attached hydrogen (secondary N) is 1. The number of benzene rings is 1. The van der Waals surface area contributed by atoms with Crippen LogP contribution in [0.1, 0.15) is 44.2 Å². The second kappa shape index (κ2) is 6.08. The van der Waals surface area contributed by atoms with E-state index in [1.807, 2.05) is 12.1 Å². The molecule has 1 fully saturated rings. The Morgan fingerprint density at radius 2 is 2.12 bits per heavy atom. The first-order chi connectivity index (χ1) is 8.24. The van der Waals surface area contributed by atoms with Gasteiger partial charge in [-0.25, -0.2) is 0 Å². The second-order valence-corrected chi connectivity index (χ2v) is 5.55. The molecule has 1 aliphatic rings. The molecule has 0 amide bonds. The molecule has 0 spiro atoms. The summed E-state index contributed by atoms with van der Waals surface area (Å²) in [5.41, 5.74) is 1.16. The Balaban J connectivity index is 2.21. The van der Waals surface area contributed by atoms with Crippen LogP contribution in [0.5, 0.6) is 0 Å². The quantitative estimate of drug-likeness (QED) is 0.809. The van der Waals surface area contributed by atoms with Gasteiger partial charge >= 0.3 is 0 Å².